The Labute approximate surface area is 140 Å². The summed E-state index contributed by atoms with van der Waals surface area (Å²) in [6, 6.07) is 17.4. The summed E-state index contributed by atoms with van der Waals surface area (Å²) >= 11 is 1.59. The second kappa shape index (κ2) is 7.09. The second-order valence-electron chi connectivity index (χ2n) is 5.84. The maximum absolute atomic E-state index is 11.7. The normalized spacial score (nSPS) is 20.9. The van der Waals surface area contributed by atoms with Crippen LogP contribution in [0.3, 0.4) is 0 Å². The first-order valence-electron chi connectivity index (χ1n) is 7.87. The molecule has 0 radical (unpaired) electrons. The van der Waals surface area contributed by atoms with Crippen LogP contribution in [0, 0.1) is 0 Å². The molecule has 0 amide bonds. The van der Waals surface area contributed by atoms with Crippen molar-refractivity contribution in [1.82, 2.24) is 0 Å². The van der Waals surface area contributed by atoms with Crippen molar-refractivity contribution >= 4 is 17.7 Å². The fourth-order valence-electron chi connectivity index (χ4n) is 2.87. The summed E-state index contributed by atoms with van der Waals surface area (Å²) in [7, 11) is 0. The van der Waals surface area contributed by atoms with E-state index in [1.54, 1.807) is 11.8 Å². The molecule has 2 aromatic rings. The number of hydrogen-bond acceptors (Lipinski definition) is 3. The number of thioether (sulfide) groups is 1. The molecule has 1 fully saturated rings. The molecule has 0 bridgehead atoms. The van der Waals surface area contributed by atoms with Crippen molar-refractivity contribution in [2.24, 2.45) is 0 Å². The van der Waals surface area contributed by atoms with Crippen LogP contribution in [-0.4, -0.2) is 21.6 Å². The third kappa shape index (κ3) is 3.88. The summed E-state index contributed by atoms with van der Waals surface area (Å²) in [6.45, 7) is 0. The number of rotatable bonds is 5. The van der Waals surface area contributed by atoms with Crippen molar-refractivity contribution < 1.29 is 14.6 Å². The molecule has 120 valence electrons. The third-order valence-electron chi connectivity index (χ3n) is 4.14. The number of carbonyl (C=O) groups is 1. The molecule has 0 saturated carbocycles. The van der Waals surface area contributed by atoms with Gasteiger partial charge in [0.05, 0.1) is 0 Å². The Morgan fingerprint density at radius 3 is 2.35 bits per heavy atom. The molecule has 1 saturated heterocycles. The maximum atomic E-state index is 11.7. The highest BCUT2D eigenvalue weighted by atomic mass is 32.2. The Morgan fingerprint density at radius 2 is 1.74 bits per heavy atom. The molecule has 1 atom stereocenters. The average Bonchev–Trinajstić information content (AvgIpc) is 2.58. The summed E-state index contributed by atoms with van der Waals surface area (Å²) in [5.74, 6) is 1.80. The predicted octanol–water partition coefficient (Wildman–Crippen LogP) is 4.76. The van der Waals surface area contributed by atoms with E-state index >= 15 is 0 Å². The number of aliphatic carboxylic acids is 1. The number of ether oxygens (including phenoxy) is 1. The molecular weight excluding hydrogens is 308 g/mol. The van der Waals surface area contributed by atoms with E-state index in [2.05, 4.69) is 0 Å². The maximum Gasteiger partial charge on any atom is 0.320 e. The van der Waals surface area contributed by atoms with Crippen molar-refractivity contribution in [3.63, 3.8) is 0 Å². The van der Waals surface area contributed by atoms with Gasteiger partial charge in [-0.25, -0.2) is 0 Å². The van der Waals surface area contributed by atoms with Gasteiger partial charge in [0.25, 0.3) is 0 Å². The lowest BCUT2D eigenvalue weighted by Gasteiger charge is -2.32. The number of para-hydroxylation sites is 1. The van der Waals surface area contributed by atoms with E-state index in [0.717, 1.165) is 42.1 Å². The smallest absolute Gasteiger partial charge is 0.320 e. The minimum absolute atomic E-state index is 0.568. The lowest BCUT2D eigenvalue weighted by molar-refractivity contribution is -0.140. The summed E-state index contributed by atoms with van der Waals surface area (Å²) in [5.41, 5.74) is 1.04. The SMILES string of the molecule is O=C(O)C1(Cc2ccc(Oc3ccccc3)cc2)CCCCS1. The first-order valence-corrected chi connectivity index (χ1v) is 8.86. The quantitative estimate of drug-likeness (QED) is 0.859. The van der Waals surface area contributed by atoms with Gasteiger partial charge in [0.2, 0.25) is 0 Å². The molecule has 1 aliphatic heterocycles. The zero-order chi connectivity index (χ0) is 16.1. The molecule has 1 heterocycles. The summed E-state index contributed by atoms with van der Waals surface area (Å²) in [4.78, 5) is 11.7. The Morgan fingerprint density at radius 1 is 1.04 bits per heavy atom. The molecule has 0 aromatic heterocycles. The van der Waals surface area contributed by atoms with Crippen molar-refractivity contribution in [3.05, 3.63) is 60.2 Å². The zero-order valence-electron chi connectivity index (χ0n) is 12.9. The molecule has 23 heavy (non-hydrogen) atoms. The summed E-state index contributed by atoms with van der Waals surface area (Å²) < 4.78 is 5.11. The number of benzene rings is 2. The molecule has 3 rings (SSSR count). The van der Waals surface area contributed by atoms with Crippen LogP contribution in [0.2, 0.25) is 0 Å². The van der Waals surface area contributed by atoms with Gasteiger partial charge < -0.3 is 9.84 Å². The van der Waals surface area contributed by atoms with Crippen molar-refractivity contribution in [3.8, 4) is 11.5 Å². The van der Waals surface area contributed by atoms with Crippen molar-refractivity contribution in [1.29, 1.82) is 0 Å². The van der Waals surface area contributed by atoms with Gasteiger partial charge >= 0.3 is 5.97 Å². The Balaban J connectivity index is 1.70. The minimum Gasteiger partial charge on any atom is -0.480 e. The third-order valence-corrected chi connectivity index (χ3v) is 5.70. The van der Waals surface area contributed by atoms with E-state index in [9.17, 15) is 9.90 Å². The van der Waals surface area contributed by atoms with Gasteiger partial charge in [-0.15, -0.1) is 11.8 Å². The van der Waals surface area contributed by atoms with Gasteiger partial charge in [-0.1, -0.05) is 36.8 Å². The van der Waals surface area contributed by atoms with Crippen molar-refractivity contribution in [2.75, 3.05) is 5.75 Å². The lowest BCUT2D eigenvalue weighted by atomic mass is 9.92. The van der Waals surface area contributed by atoms with Gasteiger partial charge in [0.1, 0.15) is 16.2 Å². The highest BCUT2D eigenvalue weighted by molar-refractivity contribution is 8.01. The van der Waals surface area contributed by atoms with Crippen LogP contribution in [0.15, 0.2) is 54.6 Å². The van der Waals surface area contributed by atoms with E-state index in [-0.39, 0.29) is 0 Å². The van der Waals surface area contributed by atoms with E-state index in [1.165, 1.54) is 0 Å². The van der Waals surface area contributed by atoms with Gasteiger partial charge in [-0.05, 0) is 54.8 Å². The Bertz CT molecular complexity index is 646. The van der Waals surface area contributed by atoms with E-state index in [0.29, 0.717) is 6.42 Å². The zero-order valence-corrected chi connectivity index (χ0v) is 13.7. The molecular formula is C19H20O3S. The van der Waals surface area contributed by atoms with Crippen LogP contribution in [0.5, 0.6) is 11.5 Å². The monoisotopic (exact) mass is 328 g/mol. The van der Waals surface area contributed by atoms with Gasteiger partial charge in [-0.2, -0.15) is 0 Å². The lowest BCUT2D eigenvalue weighted by Crippen LogP contribution is -2.39. The largest absolute Gasteiger partial charge is 0.480 e. The number of carboxylic acids is 1. The highest BCUT2D eigenvalue weighted by Crippen LogP contribution is 2.39. The second-order valence-corrected chi connectivity index (χ2v) is 7.32. The summed E-state index contributed by atoms with van der Waals surface area (Å²) in [6.07, 6.45) is 3.42. The minimum atomic E-state index is -0.688. The van der Waals surface area contributed by atoms with E-state index < -0.39 is 10.7 Å². The molecule has 1 N–H and O–H groups in total. The summed E-state index contributed by atoms with van der Waals surface area (Å²) in [5, 5.41) is 9.65. The molecule has 0 spiro atoms. The first-order chi connectivity index (χ1) is 11.2. The number of hydrogen-bond donors (Lipinski definition) is 1. The molecule has 2 aromatic carbocycles. The standard InChI is InChI=1S/C19H20O3S/c20-18(21)19(12-4-5-13-23-19)14-15-8-10-17(11-9-15)22-16-6-2-1-3-7-16/h1-3,6-11H,4-5,12-14H2,(H,20,21). The fourth-order valence-corrected chi connectivity index (χ4v) is 4.29. The fraction of sp³-hybridized carbons (Fsp3) is 0.316. The molecule has 3 nitrogen and oxygen atoms in total. The van der Waals surface area contributed by atoms with Crippen LogP contribution in [0.4, 0.5) is 0 Å². The van der Waals surface area contributed by atoms with Gasteiger partial charge in [0.15, 0.2) is 0 Å². The van der Waals surface area contributed by atoms with Crippen molar-refractivity contribution in [2.45, 2.75) is 30.4 Å². The average molecular weight is 328 g/mol. The molecule has 0 aliphatic carbocycles. The van der Waals surface area contributed by atoms with Gasteiger partial charge in [-0.3, -0.25) is 4.79 Å². The Hall–Kier alpha value is -1.94. The molecule has 4 heteroatoms. The van der Waals surface area contributed by atoms with Crippen LogP contribution < -0.4 is 4.74 Å². The predicted molar refractivity (Wildman–Crippen MR) is 93.3 cm³/mol. The van der Waals surface area contributed by atoms with Crippen LogP contribution in [0.25, 0.3) is 0 Å². The van der Waals surface area contributed by atoms with Gasteiger partial charge in [0, 0.05) is 0 Å². The van der Waals surface area contributed by atoms with Crippen LogP contribution in [0.1, 0.15) is 24.8 Å². The topological polar surface area (TPSA) is 46.5 Å². The van der Waals surface area contributed by atoms with E-state index in [1.807, 2.05) is 54.6 Å². The van der Waals surface area contributed by atoms with Crippen LogP contribution in [-0.2, 0) is 11.2 Å². The van der Waals surface area contributed by atoms with Crippen LogP contribution >= 0.6 is 11.8 Å². The van der Waals surface area contributed by atoms with E-state index in [4.69, 9.17) is 4.74 Å². The first kappa shape index (κ1) is 15.9. The number of carboxylic acid groups (broad SMARTS) is 1. The Kier molecular flexibility index (Phi) is 4.91. The highest BCUT2D eigenvalue weighted by Gasteiger charge is 2.40. The molecule has 1 unspecified atom stereocenters. The molecule has 1 aliphatic rings.